The number of amides is 1. The third-order valence-corrected chi connectivity index (χ3v) is 2.84. The van der Waals surface area contributed by atoms with Gasteiger partial charge in [-0.1, -0.05) is 12.1 Å². The molecule has 0 N–H and O–H groups in total. The number of nitrogens with zero attached hydrogens (tertiary/aromatic N) is 1. The zero-order valence-electron chi connectivity index (χ0n) is 11.8. The van der Waals surface area contributed by atoms with E-state index in [1.54, 1.807) is 45.0 Å². The van der Waals surface area contributed by atoms with Crippen LogP contribution in [0, 0.1) is 0 Å². The molecule has 2 rings (SSSR count). The smallest absolute Gasteiger partial charge is 0.308 e. The Morgan fingerprint density at radius 3 is 2.50 bits per heavy atom. The molecule has 0 atom stereocenters. The van der Waals surface area contributed by atoms with Gasteiger partial charge in [0.2, 0.25) is 0 Å². The molecule has 5 nitrogen and oxygen atoms in total. The van der Waals surface area contributed by atoms with Gasteiger partial charge < -0.3 is 9.64 Å². The predicted octanol–water partition coefficient (Wildman–Crippen LogP) is 1.95. The van der Waals surface area contributed by atoms with Gasteiger partial charge in [0.15, 0.2) is 0 Å². The molecule has 0 bridgehead atoms. The first kappa shape index (κ1) is 14.2. The molecule has 0 spiro atoms. The highest BCUT2D eigenvalue weighted by molar-refractivity contribution is 6.52. The topological polar surface area (TPSA) is 63.7 Å². The van der Waals surface area contributed by atoms with Crippen molar-refractivity contribution in [3.05, 3.63) is 29.8 Å². The highest BCUT2D eigenvalue weighted by Crippen LogP contribution is 2.28. The van der Waals surface area contributed by atoms with Crippen LogP contribution in [-0.4, -0.2) is 29.8 Å². The van der Waals surface area contributed by atoms with Crippen molar-refractivity contribution >= 4 is 23.3 Å². The molecule has 5 heteroatoms. The Balaban J connectivity index is 2.06. The van der Waals surface area contributed by atoms with E-state index >= 15 is 0 Å². The molecule has 0 radical (unpaired) electrons. The maximum atomic E-state index is 11.9. The molecule has 106 valence electrons. The summed E-state index contributed by atoms with van der Waals surface area (Å²) in [6.07, 6.45) is 0.0601. The molecule has 20 heavy (non-hydrogen) atoms. The van der Waals surface area contributed by atoms with Gasteiger partial charge in [0, 0.05) is 6.54 Å². The number of carbonyl (C=O) groups is 3. The number of esters is 1. The summed E-state index contributed by atoms with van der Waals surface area (Å²) in [5.41, 5.74) is 0.396. The number of fused-ring (bicyclic) bond motifs is 1. The van der Waals surface area contributed by atoms with Gasteiger partial charge in [-0.15, -0.1) is 0 Å². The zero-order valence-corrected chi connectivity index (χ0v) is 11.8. The molecule has 0 saturated heterocycles. The van der Waals surface area contributed by atoms with E-state index in [2.05, 4.69) is 0 Å². The highest BCUT2D eigenvalue weighted by Gasteiger charge is 2.35. The van der Waals surface area contributed by atoms with Crippen LogP contribution in [0.1, 0.15) is 37.6 Å². The number of Topliss-reactive ketones (excluding diaryl/α,β-unsaturated/α-hetero) is 1. The fraction of sp³-hybridized carbons (Fsp3) is 0.400. The molecule has 1 aliphatic rings. The maximum Gasteiger partial charge on any atom is 0.308 e. The molecule has 0 saturated carbocycles. The van der Waals surface area contributed by atoms with Crippen molar-refractivity contribution in [1.82, 2.24) is 0 Å². The summed E-state index contributed by atoms with van der Waals surface area (Å²) in [6, 6.07) is 6.78. The van der Waals surface area contributed by atoms with Crippen LogP contribution in [0.5, 0.6) is 0 Å². The third-order valence-electron chi connectivity index (χ3n) is 2.84. The number of anilines is 1. The second kappa shape index (κ2) is 5.07. The van der Waals surface area contributed by atoms with E-state index < -0.39 is 17.3 Å². The number of hydrogen-bond acceptors (Lipinski definition) is 4. The minimum atomic E-state index is -0.588. The lowest BCUT2D eigenvalue weighted by atomic mass is 10.1. The SMILES string of the molecule is CC(C)(C)OC(=O)CCN1C(=O)C(=O)c2ccccc21. The number of ketones is 1. The molecular formula is C15H17NO4. The van der Waals surface area contributed by atoms with E-state index in [0.717, 1.165) is 0 Å². The Morgan fingerprint density at radius 2 is 1.85 bits per heavy atom. The van der Waals surface area contributed by atoms with Crippen molar-refractivity contribution < 1.29 is 19.1 Å². The van der Waals surface area contributed by atoms with Crippen molar-refractivity contribution in [2.24, 2.45) is 0 Å². The van der Waals surface area contributed by atoms with Gasteiger partial charge in [-0.2, -0.15) is 0 Å². The van der Waals surface area contributed by atoms with Crippen LogP contribution in [0.3, 0.4) is 0 Å². The van der Waals surface area contributed by atoms with Gasteiger partial charge >= 0.3 is 5.97 Å². The molecule has 1 amide bonds. The van der Waals surface area contributed by atoms with Crippen molar-refractivity contribution in [2.75, 3.05) is 11.4 Å². The standard InChI is InChI=1S/C15H17NO4/c1-15(2,3)20-12(17)8-9-16-11-7-5-4-6-10(11)13(18)14(16)19/h4-7H,8-9H2,1-3H3. The summed E-state index contributed by atoms with van der Waals surface area (Å²) in [4.78, 5) is 36.7. The molecule has 0 aromatic heterocycles. The molecule has 1 heterocycles. The lowest BCUT2D eigenvalue weighted by molar-refractivity contribution is -0.154. The van der Waals surface area contributed by atoms with E-state index in [0.29, 0.717) is 11.3 Å². The van der Waals surface area contributed by atoms with Gasteiger partial charge in [-0.05, 0) is 32.9 Å². The van der Waals surface area contributed by atoms with E-state index in [1.807, 2.05) is 0 Å². The molecule has 0 fully saturated rings. The molecule has 1 aromatic carbocycles. The van der Waals surface area contributed by atoms with Crippen LogP contribution < -0.4 is 4.90 Å². The Hall–Kier alpha value is -2.17. The van der Waals surface area contributed by atoms with Crippen LogP contribution in [0.2, 0.25) is 0 Å². The van der Waals surface area contributed by atoms with Gasteiger partial charge in [-0.25, -0.2) is 0 Å². The number of carbonyl (C=O) groups excluding carboxylic acids is 3. The van der Waals surface area contributed by atoms with Crippen LogP contribution in [0.15, 0.2) is 24.3 Å². The van der Waals surface area contributed by atoms with Gasteiger partial charge in [0.1, 0.15) is 5.60 Å². The normalized spacial score (nSPS) is 14.4. The molecule has 0 aliphatic carbocycles. The second-order valence-electron chi connectivity index (χ2n) is 5.64. The lowest BCUT2D eigenvalue weighted by Gasteiger charge is -2.21. The number of ether oxygens (including phenoxy) is 1. The average Bonchev–Trinajstić information content (AvgIpc) is 2.59. The Labute approximate surface area is 117 Å². The number of benzene rings is 1. The largest absolute Gasteiger partial charge is 0.460 e. The lowest BCUT2D eigenvalue weighted by Crippen LogP contribution is -2.33. The van der Waals surface area contributed by atoms with E-state index in [9.17, 15) is 14.4 Å². The van der Waals surface area contributed by atoms with Gasteiger partial charge in [-0.3, -0.25) is 14.4 Å². The minimum Gasteiger partial charge on any atom is -0.460 e. The predicted molar refractivity (Wildman–Crippen MR) is 73.6 cm³/mol. The summed E-state index contributed by atoms with van der Waals surface area (Å²) < 4.78 is 5.19. The van der Waals surface area contributed by atoms with E-state index in [-0.39, 0.29) is 18.9 Å². The summed E-state index contributed by atoms with van der Waals surface area (Å²) in [5, 5.41) is 0. The summed E-state index contributed by atoms with van der Waals surface area (Å²) in [7, 11) is 0. The third kappa shape index (κ3) is 2.87. The number of para-hydroxylation sites is 1. The Kier molecular flexibility index (Phi) is 3.61. The fourth-order valence-electron chi connectivity index (χ4n) is 2.07. The highest BCUT2D eigenvalue weighted by atomic mass is 16.6. The Morgan fingerprint density at radius 1 is 1.20 bits per heavy atom. The van der Waals surface area contributed by atoms with Crippen LogP contribution in [0.25, 0.3) is 0 Å². The van der Waals surface area contributed by atoms with Crippen LogP contribution in [0.4, 0.5) is 5.69 Å². The fourth-order valence-corrected chi connectivity index (χ4v) is 2.07. The first-order valence-corrected chi connectivity index (χ1v) is 6.46. The van der Waals surface area contributed by atoms with Crippen molar-refractivity contribution in [3.8, 4) is 0 Å². The van der Waals surface area contributed by atoms with Gasteiger partial charge in [0.05, 0.1) is 17.7 Å². The molecule has 1 aromatic rings. The molecule has 1 aliphatic heterocycles. The summed E-state index contributed by atoms with van der Waals surface area (Å²) in [6.45, 7) is 5.50. The molecular weight excluding hydrogens is 258 g/mol. The minimum absolute atomic E-state index is 0.0601. The van der Waals surface area contributed by atoms with Crippen molar-refractivity contribution in [3.63, 3.8) is 0 Å². The van der Waals surface area contributed by atoms with Crippen molar-refractivity contribution in [1.29, 1.82) is 0 Å². The maximum absolute atomic E-state index is 11.9. The first-order chi connectivity index (χ1) is 9.29. The van der Waals surface area contributed by atoms with E-state index in [1.165, 1.54) is 4.90 Å². The van der Waals surface area contributed by atoms with Crippen molar-refractivity contribution in [2.45, 2.75) is 32.8 Å². The van der Waals surface area contributed by atoms with Crippen LogP contribution >= 0.6 is 0 Å². The second-order valence-corrected chi connectivity index (χ2v) is 5.64. The Bertz CT molecular complexity index is 571. The first-order valence-electron chi connectivity index (χ1n) is 6.46. The summed E-state index contributed by atoms with van der Waals surface area (Å²) >= 11 is 0. The van der Waals surface area contributed by atoms with Gasteiger partial charge in [0.25, 0.3) is 11.7 Å². The van der Waals surface area contributed by atoms with E-state index in [4.69, 9.17) is 4.74 Å². The number of rotatable bonds is 3. The molecule has 0 unspecified atom stereocenters. The quantitative estimate of drug-likeness (QED) is 0.624. The summed E-state index contributed by atoms with van der Waals surface area (Å²) in [5.74, 6) is -1.50. The zero-order chi connectivity index (χ0) is 14.9. The number of hydrogen-bond donors (Lipinski definition) is 0. The average molecular weight is 275 g/mol. The van der Waals surface area contributed by atoms with Crippen LogP contribution in [-0.2, 0) is 14.3 Å². The monoisotopic (exact) mass is 275 g/mol.